The number of carboxylic acids is 1. The number of thioether (sulfide) groups is 2. The molecule has 0 radical (unpaired) electrons. The van der Waals surface area contributed by atoms with E-state index in [1.54, 1.807) is 23.5 Å². The molecule has 5 heteroatoms. The SMILES string of the molecule is CC(C)(SCCSc1ccccc1)[C@H](N)C(=O)O. The maximum Gasteiger partial charge on any atom is 0.321 e. The monoisotopic (exact) mass is 285 g/mol. The molecule has 0 aromatic heterocycles. The van der Waals surface area contributed by atoms with Gasteiger partial charge in [-0.2, -0.15) is 11.8 Å². The molecule has 0 spiro atoms. The van der Waals surface area contributed by atoms with E-state index in [4.69, 9.17) is 10.8 Å². The van der Waals surface area contributed by atoms with Crippen molar-refractivity contribution in [3.05, 3.63) is 30.3 Å². The molecule has 0 aliphatic heterocycles. The highest BCUT2D eigenvalue weighted by atomic mass is 32.2. The molecule has 1 rings (SSSR count). The molecular formula is C13H19NO2S2. The lowest BCUT2D eigenvalue weighted by Gasteiger charge is -2.27. The zero-order valence-corrected chi connectivity index (χ0v) is 12.3. The fourth-order valence-electron chi connectivity index (χ4n) is 1.37. The number of benzene rings is 1. The Kier molecular flexibility index (Phi) is 6.05. The Labute approximate surface area is 117 Å². The third-order valence-corrected chi connectivity index (χ3v) is 5.26. The molecule has 1 atom stereocenters. The van der Waals surface area contributed by atoms with Crippen molar-refractivity contribution in [2.24, 2.45) is 5.73 Å². The van der Waals surface area contributed by atoms with Crippen LogP contribution in [0.4, 0.5) is 0 Å². The van der Waals surface area contributed by atoms with E-state index in [0.717, 1.165) is 11.5 Å². The number of nitrogens with two attached hydrogens (primary N) is 1. The molecule has 0 fully saturated rings. The number of carbonyl (C=O) groups is 1. The van der Waals surface area contributed by atoms with E-state index in [-0.39, 0.29) is 0 Å². The zero-order chi connectivity index (χ0) is 13.6. The molecule has 3 N–H and O–H groups in total. The van der Waals surface area contributed by atoms with Crippen LogP contribution in [0.2, 0.25) is 0 Å². The van der Waals surface area contributed by atoms with E-state index in [1.807, 2.05) is 32.0 Å². The summed E-state index contributed by atoms with van der Waals surface area (Å²) in [4.78, 5) is 12.1. The van der Waals surface area contributed by atoms with Crippen molar-refractivity contribution >= 4 is 29.5 Å². The van der Waals surface area contributed by atoms with Gasteiger partial charge in [0.1, 0.15) is 6.04 Å². The summed E-state index contributed by atoms with van der Waals surface area (Å²) in [6.45, 7) is 3.76. The first kappa shape index (κ1) is 15.4. The Balaban J connectivity index is 2.31. The predicted molar refractivity (Wildman–Crippen MR) is 79.3 cm³/mol. The van der Waals surface area contributed by atoms with Crippen LogP contribution in [-0.4, -0.2) is 33.4 Å². The van der Waals surface area contributed by atoms with E-state index in [0.29, 0.717) is 0 Å². The average Bonchev–Trinajstić information content (AvgIpc) is 2.35. The third-order valence-electron chi connectivity index (χ3n) is 2.58. The van der Waals surface area contributed by atoms with E-state index >= 15 is 0 Å². The molecule has 0 saturated carbocycles. The Morgan fingerprint density at radius 2 is 1.94 bits per heavy atom. The maximum absolute atomic E-state index is 10.9. The fourth-order valence-corrected chi connectivity index (χ4v) is 3.43. The average molecular weight is 285 g/mol. The molecule has 18 heavy (non-hydrogen) atoms. The molecule has 0 heterocycles. The van der Waals surface area contributed by atoms with Gasteiger partial charge in [0.05, 0.1) is 0 Å². The van der Waals surface area contributed by atoms with Crippen molar-refractivity contribution in [1.29, 1.82) is 0 Å². The van der Waals surface area contributed by atoms with Gasteiger partial charge < -0.3 is 10.8 Å². The first-order valence-electron chi connectivity index (χ1n) is 5.73. The van der Waals surface area contributed by atoms with E-state index in [2.05, 4.69) is 12.1 Å². The second kappa shape index (κ2) is 7.07. The Bertz CT molecular complexity index is 382. The number of aliphatic carboxylic acids is 1. The highest BCUT2D eigenvalue weighted by Gasteiger charge is 2.32. The molecule has 0 amide bonds. The summed E-state index contributed by atoms with van der Waals surface area (Å²) in [5, 5.41) is 8.91. The van der Waals surface area contributed by atoms with Gasteiger partial charge in [-0.15, -0.1) is 11.8 Å². The van der Waals surface area contributed by atoms with E-state index < -0.39 is 16.8 Å². The summed E-state index contributed by atoms with van der Waals surface area (Å²) in [6.07, 6.45) is 0. The quantitative estimate of drug-likeness (QED) is 0.596. The molecule has 1 aromatic rings. The minimum absolute atomic E-state index is 0.441. The molecule has 0 unspecified atom stereocenters. The lowest BCUT2D eigenvalue weighted by atomic mass is 10.1. The molecule has 0 aliphatic rings. The second-order valence-corrected chi connectivity index (χ2v) is 7.35. The smallest absolute Gasteiger partial charge is 0.321 e. The van der Waals surface area contributed by atoms with Crippen molar-refractivity contribution in [1.82, 2.24) is 0 Å². The summed E-state index contributed by atoms with van der Waals surface area (Å²) in [6, 6.07) is 9.34. The number of rotatable bonds is 7. The van der Waals surface area contributed by atoms with Gasteiger partial charge in [0.15, 0.2) is 0 Å². The van der Waals surface area contributed by atoms with Crippen LogP contribution >= 0.6 is 23.5 Å². The Hall–Kier alpha value is -0.650. The van der Waals surface area contributed by atoms with Crippen molar-refractivity contribution in [3.8, 4) is 0 Å². The summed E-state index contributed by atoms with van der Waals surface area (Å²) >= 11 is 3.38. The lowest BCUT2D eigenvalue weighted by Crippen LogP contribution is -2.46. The zero-order valence-electron chi connectivity index (χ0n) is 10.6. The van der Waals surface area contributed by atoms with Crippen LogP contribution < -0.4 is 5.73 Å². The second-order valence-electron chi connectivity index (χ2n) is 4.43. The normalized spacial score (nSPS) is 13.3. The summed E-state index contributed by atoms with van der Waals surface area (Å²) in [5.74, 6) is 0.890. The van der Waals surface area contributed by atoms with Crippen LogP contribution in [0.3, 0.4) is 0 Å². The Morgan fingerprint density at radius 3 is 2.50 bits per heavy atom. The first-order chi connectivity index (χ1) is 8.43. The van der Waals surface area contributed by atoms with Gasteiger partial charge in [0.2, 0.25) is 0 Å². The highest BCUT2D eigenvalue weighted by molar-refractivity contribution is 8.03. The third kappa shape index (κ3) is 4.92. The predicted octanol–water partition coefficient (Wildman–Crippen LogP) is 2.70. The molecule has 0 saturated heterocycles. The van der Waals surface area contributed by atoms with Crippen LogP contribution in [0.1, 0.15) is 13.8 Å². The van der Waals surface area contributed by atoms with Gasteiger partial charge in [-0.3, -0.25) is 4.79 Å². The van der Waals surface area contributed by atoms with Gasteiger partial charge in [-0.1, -0.05) is 18.2 Å². The van der Waals surface area contributed by atoms with Crippen LogP contribution in [0.5, 0.6) is 0 Å². The van der Waals surface area contributed by atoms with Crippen molar-refractivity contribution in [2.45, 2.75) is 29.5 Å². The molecule has 1 aromatic carbocycles. The molecule has 100 valence electrons. The number of hydrogen-bond donors (Lipinski definition) is 2. The van der Waals surface area contributed by atoms with Gasteiger partial charge in [-0.25, -0.2) is 0 Å². The maximum atomic E-state index is 10.9. The summed E-state index contributed by atoms with van der Waals surface area (Å²) < 4.78 is -0.441. The number of carboxylic acid groups (broad SMARTS) is 1. The van der Waals surface area contributed by atoms with Crippen LogP contribution in [0.25, 0.3) is 0 Å². The van der Waals surface area contributed by atoms with Gasteiger partial charge >= 0.3 is 5.97 Å². The topological polar surface area (TPSA) is 63.3 Å². The summed E-state index contributed by atoms with van der Waals surface area (Å²) in [5.41, 5.74) is 5.66. The highest BCUT2D eigenvalue weighted by Crippen LogP contribution is 2.29. The minimum atomic E-state index is -0.941. The van der Waals surface area contributed by atoms with Crippen LogP contribution in [0, 0.1) is 0 Å². The molecule has 3 nitrogen and oxygen atoms in total. The molecular weight excluding hydrogens is 266 g/mol. The molecule has 0 aliphatic carbocycles. The van der Waals surface area contributed by atoms with Crippen molar-refractivity contribution in [3.63, 3.8) is 0 Å². The van der Waals surface area contributed by atoms with E-state index in [9.17, 15) is 4.79 Å². The first-order valence-corrected chi connectivity index (χ1v) is 7.71. The summed E-state index contributed by atoms with van der Waals surface area (Å²) in [7, 11) is 0. The van der Waals surface area contributed by atoms with Crippen molar-refractivity contribution < 1.29 is 9.90 Å². The molecule has 0 bridgehead atoms. The minimum Gasteiger partial charge on any atom is -0.480 e. The van der Waals surface area contributed by atoms with E-state index in [1.165, 1.54) is 4.90 Å². The van der Waals surface area contributed by atoms with Crippen LogP contribution in [-0.2, 0) is 4.79 Å². The number of hydrogen-bond acceptors (Lipinski definition) is 4. The lowest BCUT2D eigenvalue weighted by molar-refractivity contribution is -0.139. The Morgan fingerprint density at radius 1 is 1.33 bits per heavy atom. The van der Waals surface area contributed by atoms with Crippen LogP contribution in [0.15, 0.2) is 35.2 Å². The standard InChI is InChI=1S/C13H19NO2S2/c1-13(2,11(14)12(15)16)18-9-8-17-10-6-4-3-5-7-10/h3-7,11H,8-9,14H2,1-2H3,(H,15,16)/t11-/m1/s1. The van der Waals surface area contributed by atoms with Crippen molar-refractivity contribution in [2.75, 3.05) is 11.5 Å². The van der Waals surface area contributed by atoms with Gasteiger partial charge in [0, 0.05) is 21.1 Å². The fraction of sp³-hybridized carbons (Fsp3) is 0.462. The van der Waals surface area contributed by atoms with Gasteiger partial charge in [0.25, 0.3) is 0 Å². The largest absolute Gasteiger partial charge is 0.480 e. The van der Waals surface area contributed by atoms with Gasteiger partial charge in [-0.05, 0) is 26.0 Å².